The van der Waals surface area contributed by atoms with Gasteiger partial charge in [-0.1, -0.05) is 0 Å². The molecule has 0 aromatic carbocycles. The molecule has 0 rings (SSSR count). The van der Waals surface area contributed by atoms with E-state index in [0.29, 0.717) is 0 Å². The maximum atomic E-state index is 13.1. The first-order valence-electron chi connectivity index (χ1n) is 5.44. The molecule has 17 heteroatoms. The van der Waals surface area contributed by atoms with Crippen LogP contribution in [0.2, 0.25) is 8.87 Å². The second-order valence-electron chi connectivity index (χ2n) is 4.76. The van der Waals surface area contributed by atoms with Crippen molar-refractivity contribution in [3.05, 3.63) is 0 Å². The third-order valence-electron chi connectivity index (χ3n) is 2.59. The average Bonchev–Trinajstić information content (AvgIpc) is 2.21. The van der Waals surface area contributed by atoms with E-state index in [0.717, 1.165) is 0 Å². The standard InChI is InChI=1S/2C4H2F7.2ClH.Sn/c2*1-2(5,6)3(7,8)4(9,10)11;;;/h2*1H2;2*1H;/q;;;;+2/p-2. The molecule has 0 heterocycles. The van der Waals surface area contributed by atoms with Gasteiger partial charge in [0, 0.05) is 0 Å². The van der Waals surface area contributed by atoms with Gasteiger partial charge in [0.15, 0.2) is 0 Å². The van der Waals surface area contributed by atoms with Crippen LogP contribution in [0.1, 0.15) is 0 Å². The summed E-state index contributed by atoms with van der Waals surface area (Å²) in [6, 6.07) is 0. The van der Waals surface area contributed by atoms with Gasteiger partial charge in [-0.2, -0.15) is 0 Å². The summed E-state index contributed by atoms with van der Waals surface area (Å²) in [6.07, 6.45) is -13.8. The molecule has 0 saturated heterocycles. The van der Waals surface area contributed by atoms with Crippen molar-refractivity contribution < 1.29 is 61.5 Å². The molecule has 0 fully saturated rings. The van der Waals surface area contributed by atoms with Crippen LogP contribution in [0.3, 0.4) is 0 Å². The molecular formula is C8H4Cl2F14Sn. The monoisotopic (exact) mass is 556 g/mol. The van der Waals surface area contributed by atoms with Crippen LogP contribution in [-0.4, -0.2) is 52.2 Å². The zero-order valence-corrected chi connectivity index (χ0v) is 15.3. The minimum absolute atomic E-state index is 2.99. The van der Waals surface area contributed by atoms with Gasteiger partial charge in [-0.05, 0) is 0 Å². The Morgan fingerprint density at radius 2 is 0.680 bits per heavy atom. The maximum absolute atomic E-state index is 13.1. The van der Waals surface area contributed by atoms with E-state index in [4.69, 9.17) is 17.8 Å². The van der Waals surface area contributed by atoms with E-state index in [9.17, 15) is 61.5 Å². The van der Waals surface area contributed by atoms with Gasteiger partial charge in [-0.15, -0.1) is 0 Å². The second kappa shape index (κ2) is 6.78. The number of hydrogen-bond acceptors (Lipinski definition) is 0. The molecular weight excluding hydrogens is 552 g/mol. The van der Waals surface area contributed by atoms with Crippen molar-refractivity contribution in [1.29, 1.82) is 0 Å². The van der Waals surface area contributed by atoms with E-state index in [-0.39, 0.29) is 0 Å². The van der Waals surface area contributed by atoms with Crippen LogP contribution < -0.4 is 0 Å². The first-order valence-corrected chi connectivity index (χ1v) is 16.7. The van der Waals surface area contributed by atoms with Crippen LogP contribution >= 0.6 is 17.8 Å². The summed E-state index contributed by atoms with van der Waals surface area (Å²) in [6.45, 7) is 0. The topological polar surface area (TPSA) is 0 Å². The van der Waals surface area contributed by atoms with Gasteiger partial charge in [0.05, 0.1) is 0 Å². The van der Waals surface area contributed by atoms with E-state index in [1.54, 1.807) is 0 Å². The Hall–Kier alpha value is 0.399. The normalized spacial score (nSPS) is 16.3. The van der Waals surface area contributed by atoms with E-state index < -0.39 is 61.0 Å². The van der Waals surface area contributed by atoms with Crippen molar-refractivity contribution in [2.45, 2.75) is 44.9 Å². The molecule has 0 amide bonds. The molecule has 0 aromatic rings. The summed E-state index contributed by atoms with van der Waals surface area (Å²) < 4.78 is 168. The summed E-state index contributed by atoms with van der Waals surface area (Å²) in [7, 11) is 9.66. The van der Waals surface area contributed by atoms with Crippen molar-refractivity contribution in [1.82, 2.24) is 0 Å². The number of alkyl halides is 14. The summed E-state index contributed by atoms with van der Waals surface area (Å²) in [5, 5.41) is 0. The number of hydrogen-bond donors (Lipinski definition) is 0. The molecule has 0 aliphatic heterocycles. The fourth-order valence-electron chi connectivity index (χ4n) is 1.35. The van der Waals surface area contributed by atoms with Crippen molar-refractivity contribution >= 4 is 34.0 Å². The van der Waals surface area contributed by atoms with Crippen molar-refractivity contribution in [2.75, 3.05) is 0 Å². The van der Waals surface area contributed by atoms with E-state index in [1.807, 2.05) is 0 Å². The molecule has 0 aromatic heterocycles. The summed E-state index contributed by atoms with van der Waals surface area (Å²) in [4.78, 5) is 0. The number of rotatable bonds is 6. The van der Waals surface area contributed by atoms with Crippen LogP contribution in [0.15, 0.2) is 0 Å². The van der Waals surface area contributed by atoms with Crippen LogP contribution in [-0.2, 0) is 0 Å². The van der Waals surface area contributed by atoms with Crippen molar-refractivity contribution in [2.24, 2.45) is 0 Å². The van der Waals surface area contributed by atoms with Crippen molar-refractivity contribution in [3.63, 3.8) is 0 Å². The molecule has 0 nitrogen and oxygen atoms in total. The van der Waals surface area contributed by atoms with E-state index >= 15 is 0 Å². The fourth-order valence-corrected chi connectivity index (χ4v) is 11.2. The van der Waals surface area contributed by atoms with Gasteiger partial charge in [0.25, 0.3) is 0 Å². The Bertz CT molecular complexity index is 436. The Balaban J connectivity index is 5.62. The first kappa shape index (κ1) is 25.4. The van der Waals surface area contributed by atoms with Crippen LogP contribution in [0.4, 0.5) is 61.5 Å². The second-order valence-corrected chi connectivity index (χ2v) is 22.7. The molecule has 0 bridgehead atoms. The first-order chi connectivity index (χ1) is 10.4. The van der Waals surface area contributed by atoms with Gasteiger partial charge in [0.2, 0.25) is 0 Å². The zero-order chi connectivity index (χ0) is 20.9. The average molecular weight is 556 g/mol. The summed E-state index contributed by atoms with van der Waals surface area (Å²) in [5.74, 6) is -26.1. The molecule has 0 radical (unpaired) electrons. The molecule has 0 saturated carbocycles. The van der Waals surface area contributed by atoms with Crippen LogP contribution in [0, 0.1) is 0 Å². The Kier molecular flexibility index (Phi) is 6.88. The Morgan fingerprint density at radius 3 is 0.840 bits per heavy atom. The van der Waals surface area contributed by atoms with Gasteiger partial charge < -0.3 is 0 Å². The number of halogens is 16. The van der Waals surface area contributed by atoms with Crippen molar-refractivity contribution in [3.8, 4) is 0 Å². The Labute approximate surface area is 140 Å². The molecule has 0 atom stereocenters. The van der Waals surface area contributed by atoms with E-state index in [1.165, 1.54) is 0 Å². The third-order valence-corrected chi connectivity index (χ3v) is 11.7. The zero-order valence-electron chi connectivity index (χ0n) is 11.0. The molecule has 152 valence electrons. The van der Waals surface area contributed by atoms with Crippen LogP contribution in [0.5, 0.6) is 0 Å². The summed E-state index contributed by atoms with van der Waals surface area (Å²) in [5.41, 5.74) is 0. The molecule has 0 aliphatic rings. The predicted molar refractivity (Wildman–Crippen MR) is 59.0 cm³/mol. The SMILES string of the molecule is FC(F)(F)C(F)(F)C(F)(F)[CH2][Sn]([Cl])([Cl])[CH2]C(F)(F)C(F)(F)C(F)(F)F. The minimum atomic E-state index is -6.88. The van der Waals surface area contributed by atoms with Gasteiger partial charge >= 0.3 is 140 Å². The van der Waals surface area contributed by atoms with E-state index in [2.05, 4.69) is 0 Å². The van der Waals surface area contributed by atoms with Gasteiger partial charge in [-0.25, -0.2) is 0 Å². The fraction of sp³-hybridized carbons (Fsp3) is 1.00. The molecule has 0 N–H and O–H groups in total. The molecule has 25 heavy (non-hydrogen) atoms. The molecule has 0 unspecified atom stereocenters. The van der Waals surface area contributed by atoms with Gasteiger partial charge in [-0.3, -0.25) is 0 Å². The molecule has 0 spiro atoms. The third kappa shape index (κ3) is 5.23. The quantitative estimate of drug-likeness (QED) is 0.257. The van der Waals surface area contributed by atoms with Crippen LogP contribution in [0.25, 0.3) is 0 Å². The summed E-state index contributed by atoms with van der Waals surface area (Å²) >= 11 is -6.72. The Morgan fingerprint density at radius 1 is 0.480 bits per heavy atom. The van der Waals surface area contributed by atoms with Gasteiger partial charge in [0.1, 0.15) is 0 Å². The molecule has 0 aliphatic carbocycles. The predicted octanol–water partition coefficient (Wildman–Crippen LogP) is 6.57.